The second kappa shape index (κ2) is 4.58. The first-order valence-corrected chi connectivity index (χ1v) is 4.75. The van der Waals surface area contributed by atoms with E-state index in [9.17, 15) is 4.79 Å². The van der Waals surface area contributed by atoms with Crippen molar-refractivity contribution in [1.29, 1.82) is 0 Å². The molecular formula is C9H17NO3. The molecule has 4 heteroatoms. The highest BCUT2D eigenvalue weighted by Gasteiger charge is 2.43. The largest absolute Gasteiger partial charge is 0.396 e. The van der Waals surface area contributed by atoms with Crippen molar-refractivity contribution in [2.45, 2.75) is 37.6 Å². The maximum Gasteiger partial charge on any atom is 0.220 e. The summed E-state index contributed by atoms with van der Waals surface area (Å²) in [5.74, 6) is -0.0139. The number of carbonyl (C=O) groups excluding carboxylic acids is 1. The molecule has 1 rings (SSSR count). The highest BCUT2D eigenvalue weighted by Crippen LogP contribution is 2.34. The average Bonchev–Trinajstić information content (AvgIpc) is 2.86. The SMILES string of the molecule is O=C(CCCCO)NC1(CO)CC1. The van der Waals surface area contributed by atoms with Gasteiger partial charge in [0.2, 0.25) is 5.91 Å². The smallest absolute Gasteiger partial charge is 0.220 e. The summed E-state index contributed by atoms with van der Waals surface area (Å²) in [4.78, 5) is 11.2. The van der Waals surface area contributed by atoms with Crippen molar-refractivity contribution in [2.75, 3.05) is 13.2 Å². The number of carbonyl (C=O) groups is 1. The summed E-state index contributed by atoms with van der Waals surface area (Å²) < 4.78 is 0. The van der Waals surface area contributed by atoms with E-state index in [1.807, 2.05) is 0 Å². The number of nitrogens with one attached hydrogen (secondary N) is 1. The Morgan fingerprint density at radius 1 is 1.31 bits per heavy atom. The second-order valence-corrected chi connectivity index (χ2v) is 3.67. The maximum absolute atomic E-state index is 11.2. The normalized spacial score (nSPS) is 18.3. The Morgan fingerprint density at radius 2 is 2.00 bits per heavy atom. The number of hydrogen-bond acceptors (Lipinski definition) is 3. The molecule has 0 aromatic rings. The molecule has 0 aromatic carbocycles. The zero-order valence-electron chi connectivity index (χ0n) is 7.75. The lowest BCUT2D eigenvalue weighted by molar-refractivity contribution is -0.122. The third-order valence-electron chi connectivity index (χ3n) is 2.37. The summed E-state index contributed by atoms with van der Waals surface area (Å²) in [6.07, 6.45) is 3.59. The standard InChI is InChI=1S/C9H17NO3/c11-6-2-1-3-8(13)10-9(7-12)4-5-9/h11-12H,1-7H2,(H,10,13). The number of aliphatic hydroxyl groups is 2. The maximum atomic E-state index is 11.2. The van der Waals surface area contributed by atoms with Crippen LogP contribution in [-0.4, -0.2) is 34.9 Å². The molecule has 0 aliphatic heterocycles. The van der Waals surface area contributed by atoms with Gasteiger partial charge in [0.05, 0.1) is 12.1 Å². The summed E-state index contributed by atoms with van der Waals surface area (Å²) >= 11 is 0. The molecule has 13 heavy (non-hydrogen) atoms. The first-order chi connectivity index (χ1) is 6.22. The van der Waals surface area contributed by atoms with Gasteiger partial charge in [-0.15, -0.1) is 0 Å². The lowest BCUT2D eigenvalue weighted by Gasteiger charge is -2.13. The van der Waals surface area contributed by atoms with Crippen molar-refractivity contribution in [1.82, 2.24) is 5.32 Å². The molecule has 1 aliphatic carbocycles. The predicted octanol–water partition coefficient (Wildman–Crippen LogP) is -0.210. The monoisotopic (exact) mass is 187 g/mol. The van der Waals surface area contributed by atoms with Crippen molar-refractivity contribution in [2.24, 2.45) is 0 Å². The molecule has 0 aromatic heterocycles. The van der Waals surface area contributed by atoms with Crippen LogP contribution in [0.15, 0.2) is 0 Å². The van der Waals surface area contributed by atoms with E-state index in [2.05, 4.69) is 5.32 Å². The third kappa shape index (κ3) is 3.32. The van der Waals surface area contributed by atoms with Crippen molar-refractivity contribution in [3.8, 4) is 0 Å². The van der Waals surface area contributed by atoms with Crippen molar-refractivity contribution >= 4 is 5.91 Å². The Kier molecular flexibility index (Phi) is 3.69. The van der Waals surface area contributed by atoms with Gasteiger partial charge >= 0.3 is 0 Å². The number of unbranched alkanes of at least 4 members (excludes halogenated alkanes) is 1. The molecule has 0 spiro atoms. The quantitative estimate of drug-likeness (QED) is 0.504. The van der Waals surface area contributed by atoms with Crippen LogP contribution < -0.4 is 5.32 Å². The molecule has 0 heterocycles. The lowest BCUT2D eigenvalue weighted by Crippen LogP contribution is -2.39. The van der Waals surface area contributed by atoms with E-state index in [4.69, 9.17) is 10.2 Å². The Balaban J connectivity index is 2.11. The Bertz CT molecular complexity index is 178. The second-order valence-electron chi connectivity index (χ2n) is 3.67. The number of aliphatic hydroxyl groups excluding tert-OH is 2. The fourth-order valence-electron chi connectivity index (χ4n) is 1.23. The summed E-state index contributed by atoms with van der Waals surface area (Å²) in [7, 11) is 0. The molecule has 1 saturated carbocycles. The van der Waals surface area contributed by atoms with Crippen molar-refractivity contribution in [3.05, 3.63) is 0 Å². The Morgan fingerprint density at radius 3 is 2.46 bits per heavy atom. The fourth-order valence-corrected chi connectivity index (χ4v) is 1.23. The molecular weight excluding hydrogens is 170 g/mol. The highest BCUT2D eigenvalue weighted by molar-refractivity contribution is 5.77. The summed E-state index contributed by atoms with van der Waals surface area (Å²) in [5.41, 5.74) is -0.295. The van der Waals surface area contributed by atoms with Crippen LogP contribution in [0.1, 0.15) is 32.1 Å². The summed E-state index contributed by atoms with van der Waals surface area (Å²) in [6.45, 7) is 0.178. The van der Waals surface area contributed by atoms with E-state index in [0.29, 0.717) is 19.3 Å². The minimum absolute atomic E-state index is 0.0139. The highest BCUT2D eigenvalue weighted by atomic mass is 16.3. The number of amides is 1. The van der Waals surface area contributed by atoms with Crippen LogP contribution in [0.3, 0.4) is 0 Å². The lowest BCUT2D eigenvalue weighted by atomic mass is 10.2. The van der Waals surface area contributed by atoms with Gasteiger partial charge in [-0.3, -0.25) is 4.79 Å². The first-order valence-electron chi connectivity index (χ1n) is 4.75. The van der Waals surface area contributed by atoms with Gasteiger partial charge in [0, 0.05) is 13.0 Å². The van der Waals surface area contributed by atoms with Crippen molar-refractivity contribution < 1.29 is 15.0 Å². The van der Waals surface area contributed by atoms with E-state index in [-0.39, 0.29) is 24.7 Å². The molecule has 1 amide bonds. The summed E-state index contributed by atoms with van der Waals surface area (Å²) in [5, 5.41) is 20.2. The van der Waals surface area contributed by atoms with Crippen LogP contribution in [-0.2, 0) is 4.79 Å². The third-order valence-corrected chi connectivity index (χ3v) is 2.37. The van der Waals surface area contributed by atoms with E-state index < -0.39 is 0 Å². The van der Waals surface area contributed by atoms with Crippen LogP contribution in [0, 0.1) is 0 Å². The van der Waals surface area contributed by atoms with Gasteiger partial charge in [0.25, 0.3) is 0 Å². The summed E-state index contributed by atoms with van der Waals surface area (Å²) in [6, 6.07) is 0. The topological polar surface area (TPSA) is 69.6 Å². The van der Waals surface area contributed by atoms with E-state index in [0.717, 1.165) is 12.8 Å². The van der Waals surface area contributed by atoms with E-state index in [1.54, 1.807) is 0 Å². The Hall–Kier alpha value is -0.610. The minimum Gasteiger partial charge on any atom is -0.396 e. The van der Waals surface area contributed by atoms with Crippen LogP contribution in [0.25, 0.3) is 0 Å². The van der Waals surface area contributed by atoms with Gasteiger partial charge in [-0.25, -0.2) is 0 Å². The molecule has 0 bridgehead atoms. The van der Waals surface area contributed by atoms with Crippen LogP contribution in [0.5, 0.6) is 0 Å². The average molecular weight is 187 g/mol. The van der Waals surface area contributed by atoms with Gasteiger partial charge in [-0.2, -0.15) is 0 Å². The molecule has 0 atom stereocenters. The first kappa shape index (κ1) is 10.5. The van der Waals surface area contributed by atoms with Gasteiger partial charge in [-0.1, -0.05) is 0 Å². The van der Waals surface area contributed by atoms with Gasteiger partial charge < -0.3 is 15.5 Å². The zero-order chi connectivity index (χ0) is 9.73. The van der Waals surface area contributed by atoms with E-state index in [1.165, 1.54) is 0 Å². The molecule has 76 valence electrons. The van der Waals surface area contributed by atoms with Crippen molar-refractivity contribution in [3.63, 3.8) is 0 Å². The van der Waals surface area contributed by atoms with Crippen LogP contribution >= 0.6 is 0 Å². The molecule has 0 saturated heterocycles. The van der Waals surface area contributed by atoms with Gasteiger partial charge in [-0.05, 0) is 25.7 Å². The molecule has 1 fully saturated rings. The van der Waals surface area contributed by atoms with E-state index >= 15 is 0 Å². The zero-order valence-corrected chi connectivity index (χ0v) is 7.75. The molecule has 1 aliphatic rings. The molecule has 4 nitrogen and oxygen atoms in total. The number of rotatable bonds is 6. The van der Waals surface area contributed by atoms with Crippen LogP contribution in [0.2, 0.25) is 0 Å². The Labute approximate surface area is 78.0 Å². The molecule has 0 unspecified atom stereocenters. The van der Waals surface area contributed by atoms with Crippen LogP contribution in [0.4, 0.5) is 0 Å². The minimum atomic E-state index is -0.295. The van der Waals surface area contributed by atoms with Gasteiger partial charge in [0.15, 0.2) is 0 Å². The molecule has 3 N–H and O–H groups in total. The fraction of sp³-hybridized carbons (Fsp3) is 0.889. The predicted molar refractivity (Wildman–Crippen MR) is 48.1 cm³/mol. The number of hydrogen-bond donors (Lipinski definition) is 3. The van der Waals surface area contributed by atoms with Gasteiger partial charge in [0.1, 0.15) is 0 Å². The molecule has 0 radical (unpaired) electrons.